The molecule has 1 heterocycles. The lowest BCUT2D eigenvalue weighted by atomic mass is 9.92. The molecule has 1 aromatic rings. The summed E-state index contributed by atoms with van der Waals surface area (Å²) in [5.74, 6) is 0.121. The summed E-state index contributed by atoms with van der Waals surface area (Å²) in [6.45, 7) is 2.54. The number of nitrogens with one attached hydrogen (secondary N) is 2. The van der Waals surface area contributed by atoms with Crippen LogP contribution in [0.5, 0.6) is 0 Å². The van der Waals surface area contributed by atoms with Gasteiger partial charge in [0.15, 0.2) is 0 Å². The molecule has 0 aliphatic carbocycles. The van der Waals surface area contributed by atoms with E-state index in [1.165, 1.54) is 11.1 Å². The van der Waals surface area contributed by atoms with E-state index in [4.69, 9.17) is 0 Å². The maximum absolute atomic E-state index is 11.9. The van der Waals surface area contributed by atoms with Crippen LogP contribution in [-0.4, -0.2) is 44.5 Å². The largest absolute Gasteiger partial charge is 0.355 e. The quantitative estimate of drug-likeness (QED) is 0.829. The summed E-state index contributed by atoms with van der Waals surface area (Å²) >= 11 is 0. The molecule has 0 fully saturated rings. The summed E-state index contributed by atoms with van der Waals surface area (Å²) in [6.07, 6.45) is 1.57. The van der Waals surface area contributed by atoms with Crippen LogP contribution in [0.3, 0.4) is 0 Å². The Labute approximate surface area is 115 Å². The molecule has 0 saturated carbocycles. The number of likely N-dealkylation sites (N-methyl/N-ethyl adjacent to an activating group) is 1. The minimum atomic E-state index is 0.121. The molecule has 1 aromatic carbocycles. The second-order valence-electron chi connectivity index (χ2n) is 5.31. The van der Waals surface area contributed by atoms with Crippen LogP contribution in [0.2, 0.25) is 0 Å². The van der Waals surface area contributed by atoms with Crippen molar-refractivity contribution in [2.45, 2.75) is 18.9 Å². The maximum atomic E-state index is 11.9. The molecule has 19 heavy (non-hydrogen) atoms. The van der Waals surface area contributed by atoms with Gasteiger partial charge in [-0.25, -0.2) is 0 Å². The van der Waals surface area contributed by atoms with Crippen molar-refractivity contribution in [3.05, 3.63) is 35.4 Å². The van der Waals surface area contributed by atoms with Crippen molar-refractivity contribution in [2.24, 2.45) is 0 Å². The third kappa shape index (κ3) is 4.04. The molecule has 0 saturated heterocycles. The molecule has 0 spiro atoms. The number of hydrogen-bond donors (Lipinski definition) is 2. The predicted octanol–water partition coefficient (Wildman–Crippen LogP) is 0.941. The number of carbonyl (C=O) groups is 1. The van der Waals surface area contributed by atoms with E-state index in [0.717, 1.165) is 19.5 Å². The Bertz CT molecular complexity index is 431. The molecule has 104 valence electrons. The molecular formula is C15H23N3O. The minimum absolute atomic E-state index is 0.121. The van der Waals surface area contributed by atoms with Gasteiger partial charge in [-0.2, -0.15) is 0 Å². The van der Waals surface area contributed by atoms with Crippen molar-refractivity contribution in [3.8, 4) is 0 Å². The minimum Gasteiger partial charge on any atom is -0.355 e. The Morgan fingerprint density at radius 3 is 3.00 bits per heavy atom. The van der Waals surface area contributed by atoms with Gasteiger partial charge in [0.2, 0.25) is 5.91 Å². The van der Waals surface area contributed by atoms with Crippen LogP contribution in [0, 0.1) is 0 Å². The van der Waals surface area contributed by atoms with Gasteiger partial charge in [0.1, 0.15) is 0 Å². The van der Waals surface area contributed by atoms with Crippen molar-refractivity contribution < 1.29 is 4.79 Å². The van der Waals surface area contributed by atoms with Gasteiger partial charge in [0.05, 0.1) is 0 Å². The molecule has 0 aromatic heterocycles. The average molecular weight is 261 g/mol. The summed E-state index contributed by atoms with van der Waals surface area (Å²) < 4.78 is 0. The third-order valence-electron chi connectivity index (χ3n) is 3.49. The Morgan fingerprint density at radius 1 is 1.42 bits per heavy atom. The van der Waals surface area contributed by atoms with Gasteiger partial charge in [-0.3, -0.25) is 4.79 Å². The van der Waals surface area contributed by atoms with Crippen LogP contribution >= 0.6 is 0 Å². The Hall–Kier alpha value is -1.39. The number of benzene rings is 1. The summed E-state index contributed by atoms with van der Waals surface area (Å²) in [5.41, 5.74) is 2.64. The van der Waals surface area contributed by atoms with Crippen molar-refractivity contribution in [3.63, 3.8) is 0 Å². The molecule has 4 nitrogen and oxygen atoms in total. The van der Waals surface area contributed by atoms with Crippen molar-refractivity contribution in [1.29, 1.82) is 0 Å². The standard InChI is InChI=1S/C15H23N3O/c1-18(2)10-9-17-15(19)11-14-13-6-4-3-5-12(13)7-8-16-14/h3-6,14,16H,7-11H2,1-2H3,(H,17,19). The van der Waals surface area contributed by atoms with Gasteiger partial charge in [0.25, 0.3) is 0 Å². The van der Waals surface area contributed by atoms with Crippen LogP contribution in [0.1, 0.15) is 23.6 Å². The van der Waals surface area contributed by atoms with Crippen molar-refractivity contribution >= 4 is 5.91 Å². The average Bonchev–Trinajstić information content (AvgIpc) is 2.39. The molecule has 1 aliphatic rings. The van der Waals surface area contributed by atoms with Crippen LogP contribution in [0.15, 0.2) is 24.3 Å². The highest BCUT2D eigenvalue weighted by molar-refractivity contribution is 5.76. The topological polar surface area (TPSA) is 44.4 Å². The first-order valence-corrected chi connectivity index (χ1v) is 6.89. The van der Waals surface area contributed by atoms with Crippen LogP contribution in [0.25, 0.3) is 0 Å². The zero-order valence-corrected chi connectivity index (χ0v) is 11.8. The molecule has 2 N–H and O–H groups in total. The van der Waals surface area contributed by atoms with E-state index in [1.54, 1.807) is 0 Å². The molecule has 1 unspecified atom stereocenters. The van der Waals surface area contributed by atoms with Crippen LogP contribution in [-0.2, 0) is 11.2 Å². The second kappa shape index (κ2) is 6.68. The Balaban J connectivity index is 1.88. The molecule has 0 radical (unpaired) electrons. The monoisotopic (exact) mass is 261 g/mol. The first kappa shape index (κ1) is 14.0. The van der Waals surface area contributed by atoms with E-state index in [9.17, 15) is 4.79 Å². The lowest BCUT2D eigenvalue weighted by molar-refractivity contribution is -0.121. The van der Waals surface area contributed by atoms with Crippen molar-refractivity contribution in [2.75, 3.05) is 33.7 Å². The highest BCUT2D eigenvalue weighted by Crippen LogP contribution is 2.24. The number of hydrogen-bond acceptors (Lipinski definition) is 3. The number of carbonyl (C=O) groups excluding carboxylic acids is 1. The summed E-state index contributed by atoms with van der Waals surface area (Å²) in [4.78, 5) is 14.0. The SMILES string of the molecule is CN(C)CCNC(=O)CC1NCCc2ccccc21. The predicted molar refractivity (Wildman–Crippen MR) is 77.1 cm³/mol. The summed E-state index contributed by atoms with van der Waals surface area (Å²) in [7, 11) is 4.01. The lowest BCUT2D eigenvalue weighted by Gasteiger charge is -2.26. The number of rotatable bonds is 5. The van der Waals surface area contributed by atoms with Gasteiger partial charge in [-0.1, -0.05) is 24.3 Å². The molecule has 1 amide bonds. The highest BCUT2D eigenvalue weighted by atomic mass is 16.1. The van der Waals surface area contributed by atoms with E-state index in [1.807, 2.05) is 20.2 Å². The maximum Gasteiger partial charge on any atom is 0.221 e. The smallest absolute Gasteiger partial charge is 0.221 e. The van der Waals surface area contributed by atoms with Gasteiger partial charge < -0.3 is 15.5 Å². The van der Waals surface area contributed by atoms with Gasteiger partial charge in [-0.15, -0.1) is 0 Å². The lowest BCUT2D eigenvalue weighted by Crippen LogP contribution is -2.36. The van der Waals surface area contributed by atoms with E-state index in [-0.39, 0.29) is 11.9 Å². The van der Waals surface area contributed by atoms with Gasteiger partial charge in [-0.05, 0) is 38.2 Å². The highest BCUT2D eigenvalue weighted by Gasteiger charge is 2.21. The molecule has 0 bridgehead atoms. The molecule has 1 atom stereocenters. The van der Waals surface area contributed by atoms with E-state index in [0.29, 0.717) is 13.0 Å². The third-order valence-corrected chi connectivity index (χ3v) is 3.49. The Morgan fingerprint density at radius 2 is 2.21 bits per heavy atom. The zero-order valence-electron chi connectivity index (χ0n) is 11.8. The second-order valence-corrected chi connectivity index (χ2v) is 5.31. The van der Waals surface area contributed by atoms with Gasteiger partial charge in [0, 0.05) is 25.6 Å². The normalized spacial score (nSPS) is 18.2. The summed E-state index contributed by atoms with van der Waals surface area (Å²) in [5, 5.41) is 6.41. The Kier molecular flexibility index (Phi) is 4.93. The zero-order chi connectivity index (χ0) is 13.7. The van der Waals surface area contributed by atoms with E-state index in [2.05, 4.69) is 33.7 Å². The molecule has 1 aliphatic heterocycles. The van der Waals surface area contributed by atoms with Crippen molar-refractivity contribution in [1.82, 2.24) is 15.5 Å². The number of nitrogens with zero attached hydrogens (tertiary/aromatic N) is 1. The summed E-state index contributed by atoms with van der Waals surface area (Å²) in [6, 6.07) is 8.55. The molecule has 2 rings (SSSR count). The molecular weight excluding hydrogens is 238 g/mol. The number of amides is 1. The first-order chi connectivity index (χ1) is 9.16. The molecule has 4 heteroatoms. The van der Waals surface area contributed by atoms with Crippen LogP contribution < -0.4 is 10.6 Å². The van der Waals surface area contributed by atoms with E-state index >= 15 is 0 Å². The van der Waals surface area contributed by atoms with Crippen LogP contribution in [0.4, 0.5) is 0 Å². The fraction of sp³-hybridized carbons (Fsp3) is 0.533. The van der Waals surface area contributed by atoms with Gasteiger partial charge >= 0.3 is 0 Å². The van der Waals surface area contributed by atoms with E-state index < -0.39 is 0 Å². The fourth-order valence-corrected chi connectivity index (χ4v) is 2.45. The fourth-order valence-electron chi connectivity index (χ4n) is 2.45. The first-order valence-electron chi connectivity index (χ1n) is 6.89. The number of fused-ring (bicyclic) bond motifs is 1.